The molecule has 1 aromatic carbocycles. The summed E-state index contributed by atoms with van der Waals surface area (Å²) in [6, 6.07) is 2.99. The Labute approximate surface area is 108 Å². The van der Waals surface area contributed by atoms with Gasteiger partial charge in [0, 0.05) is 16.6 Å². The van der Waals surface area contributed by atoms with E-state index in [4.69, 9.17) is 17.3 Å². The quantitative estimate of drug-likeness (QED) is 0.819. The van der Waals surface area contributed by atoms with Gasteiger partial charge in [-0.25, -0.2) is 4.39 Å². The second-order valence-electron chi connectivity index (χ2n) is 4.68. The van der Waals surface area contributed by atoms with E-state index in [1.807, 2.05) is 0 Å². The first kappa shape index (κ1) is 11.5. The van der Waals surface area contributed by atoms with Crippen molar-refractivity contribution in [2.24, 2.45) is 5.73 Å². The van der Waals surface area contributed by atoms with Gasteiger partial charge >= 0.3 is 0 Å². The molecule has 0 fully saturated rings. The fourth-order valence-corrected chi connectivity index (χ4v) is 2.91. The first-order valence-corrected chi connectivity index (χ1v) is 6.24. The number of fused-ring (bicyclic) bond motifs is 3. The second kappa shape index (κ2) is 3.99. The number of aromatic amines is 1. The van der Waals surface area contributed by atoms with E-state index in [-0.39, 0.29) is 16.8 Å². The molecule has 18 heavy (non-hydrogen) atoms. The van der Waals surface area contributed by atoms with Gasteiger partial charge in [-0.05, 0) is 37.0 Å². The number of benzene rings is 1. The summed E-state index contributed by atoms with van der Waals surface area (Å²) in [7, 11) is 0. The third kappa shape index (κ3) is 1.60. The summed E-state index contributed by atoms with van der Waals surface area (Å²) >= 11 is 5.81. The zero-order valence-corrected chi connectivity index (χ0v) is 10.4. The lowest BCUT2D eigenvalue weighted by atomic mass is 9.86. The molecule has 5 heteroatoms. The van der Waals surface area contributed by atoms with Crippen LogP contribution in [-0.4, -0.2) is 10.9 Å². The number of aromatic nitrogens is 1. The summed E-state index contributed by atoms with van der Waals surface area (Å²) in [4.78, 5) is 14.5. The summed E-state index contributed by atoms with van der Waals surface area (Å²) in [5, 5.41) is 0.993. The SMILES string of the molecule is NC(=O)[C@H]1CCCc2c1[nH]c1cc(F)c(Cl)cc21. The number of rotatable bonds is 1. The van der Waals surface area contributed by atoms with Crippen molar-refractivity contribution >= 4 is 28.4 Å². The molecule has 2 aromatic rings. The Morgan fingerprint density at radius 2 is 2.28 bits per heavy atom. The van der Waals surface area contributed by atoms with Gasteiger partial charge in [0.05, 0.1) is 10.9 Å². The fourth-order valence-electron chi connectivity index (χ4n) is 2.74. The van der Waals surface area contributed by atoms with Gasteiger partial charge in [0.2, 0.25) is 5.91 Å². The maximum Gasteiger partial charge on any atom is 0.226 e. The Balaban J connectivity index is 2.27. The van der Waals surface area contributed by atoms with Crippen LogP contribution in [0.15, 0.2) is 12.1 Å². The van der Waals surface area contributed by atoms with E-state index in [0.717, 1.165) is 35.9 Å². The maximum absolute atomic E-state index is 13.4. The van der Waals surface area contributed by atoms with Crippen molar-refractivity contribution in [2.75, 3.05) is 0 Å². The van der Waals surface area contributed by atoms with Crippen LogP contribution in [0.4, 0.5) is 4.39 Å². The average Bonchev–Trinajstić information content (AvgIpc) is 2.67. The van der Waals surface area contributed by atoms with Crippen molar-refractivity contribution in [3.8, 4) is 0 Å². The number of carbonyl (C=O) groups excluding carboxylic acids is 1. The molecular weight excluding hydrogens is 255 g/mol. The van der Waals surface area contributed by atoms with Crippen molar-refractivity contribution in [3.05, 3.63) is 34.2 Å². The lowest BCUT2D eigenvalue weighted by Gasteiger charge is -2.19. The Morgan fingerprint density at radius 3 is 3.00 bits per heavy atom. The summed E-state index contributed by atoms with van der Waals surface area (Å²) in [5.41, 5.74) is 7.95. The number of nitrogens with one attached hydrogen (secondary N) is 1. The zero-order valence-electron chi connectivity index (χ0n) is 9.59. The lowest BCUT2D eigenvalue weighted by molar-refractivity contribution is -0.119. The molecule has 1 aromatic heterocycles. The topological polar surface area (TPSA) is 58.9 Å². The molecule has 0 saturated heterocycles. The van der Waals surface area contributed by atoms with E-state index in [2.05, 4.69) is 4.98 Å². The molecule has 1 heterocycles. The number of halogens is 2. The number of aryl methyl sites for hydroxylation is 1. The van der Waals surface area contributed by atoms with Gasteiger partial charge < -0.3 is 10.7 Å². The summed E-state index contributed by atoms with van der Waals surface area (Å²) in [6.07, 6.45) is 2.51. The second-order valence-corrected chi connectivity index (χ2v) is 5.08. The van der Waals surface area contributed by atoms with Gasteiger partial charge in [0.25, 0.3) is 0 Å². The number of carbonyl (C=O) groups is 1. The van der Waals surface area contributed by atoms with E-state index in [0.29, 0.717) is 5.52 Å². The van der Waals surface area contributed by atoms with Crippen molar-refractivity contribution in [3.63, 3.8) is 0 Å². The van der Waals surface area contributed by atoms with Crippen molar-refractivity contribution in [1.29, 1.82) is 0 Å². The highest BCUT2D eigenvalue weighted by molar-refractivity contribution is 6.31. The molecule has 1 amide bonds. The van der Waals surface area contributed by atoms with Crippen molar-refractivity contribution in [2.45, 2.75) is 25.2 Å². The molecule has 0 saturated carbocycles. The molecule has 3 nitrogen and oxygen atoms in total. The van der Waals surface area contributed by atoms with Crippen LogP contribution in [0.1, 0.15) is 30.0 Å². The third-order valence-corrected chi connectivity index (χ3v) is 3.88. The number of primary amides is 1. The van der Waals surface area contributed by atoms with Crippen LogP contribution < -0.4 is 5.73 Å². The normalized spacial score (nSPS) is 18.9. The number of H-pyrrole nitrogens is 1. The number of hydrogen-bond acceptors (Lipinski definition) is 1. The van der Waals surface area contributed by atoms with Gasteiger partial charge in [-0.15, -0.1) is 0 Å². The predicted molar refractivity (Wildman–Crippen MR) is 68.1 cm³/mol. The van der Waals surface area contributed by atoms with Crippen molar-refractivity contribution in [1.82, 2.24) is 4.98 Å². The minimum absolute atomic E-state index is 0.102. The average molecular weight is 267 g/mol. The Morgan fingerprint density at radius 1 is 1.50 bits per heavy atom. The molecule has 0 radical (unpaired) electrons. The molecule has 0 spiro atoms. The van der Waals surface area contributed by atoms with E-state index in [1.54, 1.807) is 6.07 Å². The van der Waals surface area contributed by atoms with E-state index in [1.165, 1.54) is 6.07 Å². The molecular formula is C13H12ClFN2O. The number of hydrogen-bond donors (Lipinski definition) is 2. The summed E-state index contributed by atoms with van der Waals surface area (Å²) < 4.78 is 13.4. The Bertz CT molecular complexity index is 650. The van der Waals surface area contributed by atoms with Gasteiger partial charge in [0.1, 0.15) is 5.82 Å². The van der Waals surface area contributed by atoms with Gasteiger partial charge in [0.15, 0.2) is 0 Å². The monoisotopic (exact) mass is 266 g/mol. The summed E-state index contributed by atoms with van der Waals surface area (Å²) in [5.74, 6) is -1.10. The van der Waals surface area contributed by atoms with Crippen LogP contribution in [-0.2, 0) is 11.2 Å². The van der Waals surface area contributed by atoms with Gasteiger partial charge in [-0.3, -0.25) is 4.79 Å². The molecule has 0 unspecified atom stereocenters. The van der Waals surface area contributed by atoms with Gasteiger partial charge in [-0.1, -0.05) is 11.6 Å². The van der Waals surface area contributed by atoms with Crippen LogP contribution in [0.25, 0.3) is 10.9 Å². The van der Waals surface area contributed by atoms with Crippen LogP contribution in [0.3, 0.4) is 0 Å². The zero-order chi connectivity index (χ0) is 12.9. The highest BCUT2D eigenvalue weighted by atomic mass is 35.5. The molecule has 0 aliphatic heterocycles. The number of amides is 1. The van der Waals surface area contributed by atoms with Crippen LogP contribution in [0.5, 0.6) is 0 Å². The van der Waals surface area contributed by atoms with Crippen LogP contribution in [0, 0.1) is 5.82 Å². The van der Waals surface area contributed by atoms with Crippen molar-refractivity contribution < 1.29 is 9.18 Å². The molecule has 94 valence electrons. The Kier molecular flexibility index (Phi) is 2.55. The fraction of sp³-hybridized carbons (Fsp3) is 0.308. The minimum Gasteiger partial charge on any atom is -0.369 e. The molecule has 3 rings (SSSR count). The molecule has 0 bridgehead atoms. The highest BCUT2D eigenvalue weighted by Crippen LogP contribution is 2.37. The van der Waals surface area contributed by atoms with Crippen LogP contribution in [0.2, 0.25) is 5.02 Å². The first-order valence-electron chi connectivity index (χ1n) is 5.86. The van der Waals surface area contributed by atoms with E-state index in [9.17, 15) is 9.18 Å². The van der Waals surface area contributed by atoms with Gasteiger partial charge in [-0.2, -0.15) is 0 Å². The highest BCUT2D eigenvalue weighted by Gasteiger charge is 2.28. The first-order chi connectivity index (χ1) is 8.58. The number of nitrogens with two attached hydrogens (primary N) is 1. The predicted octanol–water partition coefficient (Wildman–Crippen LogP) is 2.87. The van der Waals surface area contributed by atoms with E-state index < -0.39 is 5.82 Å². The molecule has 3 N–H and O–H groups in total. The summed E-state index contributed by atoms with van der Waals surface area (Å²) in [6.45, 7) is 0. The largest absolute Gasteiger partial charge is 0.369 e. The molecule has 1 atom stereocenters. The standard InChI is InChI=1S/C13H12ClFN2O/c14-9-4-8-6-2-1-3-7(13(16)18)12(6)17-11(8)5-10(9)15/h4-5,7,17H,1-3H2,(H2,16,18)/t7-/m0/s1. The minimum atomic E-state index is -0.460. The Hall–Kier alpha value is -1.55. The van der Waals surface area contributed by atoms with Crippen LogP contribution >= 0.6 is 11.6 Å². The third-order valence-electron chi connectivity index (χ3n) is 3.59. The molecule has 1 aliphatic carbocycles. The lowest BCUT2D eigenvalue weighted by Crippen LogP contribution is -2.24. The maximum atomic E-state index is 13.4. The van der Waals surface area contributed by atoms with E-state index >= 15 is 0 Å². The molecule has 1 aliphatic rings. The smallest absolute Gasteiger partial charge is 0.226 e.